The Kier molecular flexibility index (Phi) is 5.55. The topological polar surface area (TPSA) is 17.1 Å². The molecule has 0 heterocycles. The third-order valence-electron chi connectivity index (χ3n) is 1.55. The Morgan fingerprint density at radius 3 is 2.36 bits per heavy atom. The van der Waals surface area contributed by atoms with E-state index < -0.39 is 9.52 Å². The molecule has 14 heavy (non-hydrogen) atoms. The summed E-state index contributed by atoms with van der Waals surface area (Å²) in [5, 5.41) is 0. The predicted molar refractivity (Wildman–Crippen MR) is 67.4 cm³/mol. The van der Waals surface area contributed by atoms with Crippen LogP contribution < -0.4 is 0 Å². The number of benzene rings is 1. The van der Waals surface area contributed by atoms with Gasteiger partial charge in [-0.1, -0.05) is 43.7 Å². The molecule has 0 aliphatic heterocycles. The predicted octanol–water partition coefficient (Wildman–Crippen LogP) is 2.87. The largest absolute Gasteiger partial charge is 0.268 e. The maximum atomic E-state index is 11.4. The van der Waals surface area contributed by atoms with Crippen molar-refractivity contribution >= 4 is 15.4 Å². The Labute approximate surface area is 88.2 Å². The first-order valence-corrected chi connectivity index (χ1v) is 7.13. The summed E-state index contributed by atoms with van der Waals surface area (Å²) in [5.74, 6) is 4.20. The maximum absolute atomic E-state index is 11.4. The summed E-state index contributed by atoms with van der Waals surface area (Å²) in [5.41, 5.74) is 2.31. The van der Waals surface area contributed by atoms with Crippen molar-refractivity contribution in [3.05, 3.63) is 35.4 Å². The van der Waals surface area contributed by atoms with Crippen LogP contribution in [-0.2, 0) is 15.3 Å². The van der Waals surface area contributed by atoms with Gasteiger partial charge in [0.1, 0.15) is 0 Å². The van der Waals surface area contributed by atoms with Crippen LogP contribution in [0.25, 0.3) is 0 Å². The molecule has 0 aliphatic carbocycles. The van der Waals surface area contributed by atoms with E-state index in [0.29, 0.717) is 5.75 Å². The second kappa shape index (κ2) is 5.86. The van der Waals surface area contributed by atoms with Gasteiger partial charge in [-0.3, -0.25) is 4.21 Å². The Bertz CT molecular complexity index is 364. The van der Waals surface area contributed by atoms with Gasteiger partial charge in [-0.05, 0) is 27.9 Å². The maximum Gasteiger partial charge on any atom is 0.0407 e. The summed E-state index contributed by atoms with van der Waals surface area (Å²) in [6, 6.07) is 8.05. The molecule has 0 fully saturated rings. The van der Waals surface area contributed by atoms with Gasteiger partial charge in [0.15, 0.2) is 0 Å². The van der Waals surface area contributed by atoms with Crippen molar-refractivity contribution in [2.24, 2.45) is 0 Å². The monoisotopic (exact) mass is 212 g/mol. The molecule has 1 aromatic rings. The molecule has 0 saturated carbocycles. The van der Waals surface area contributed by atoms with E-state index in [0.717, 1.165) is 5.56 Å². The molecular weight excluding hydrogens is 192 g/mol. The lowest BCUT2D eigenvalue weighted by Crippen LogP contribution is -2.00. The molecule has 1 atom stereocenters. The summed E-state index contributed by atoms with van der Waals surface area (Å²) >= 11 is 0. The van der Waals surface area contributed by atoms with Gasteiger partial charge in [0.25, 0.3) is 0 Å². The Hall–Kier alpha value is -0.760. The van der Waals surface area contributed by atoms with E-state index >= 15 is 0 Å². The molecule has 0 spiro atoms. The Balaban J connectivity index is 0.000000791. The fourth-order valence-corrected chi connectivity index (χ4v) is 2.04. The highest BCUT2D eigenvalue weighted by Gasteiger charge is 1.98. The molecule has 80 valence electrons. The average molecular weight is 212 g/mol. The lowest BCUT2D eigenvalue weighted by Gasteiger charge is -2.03. The number of hydrogen-bond acceptors (Lipinski definition) is 1. The van der Waals surface area contributed by atoms with Gasteiger partial charge in [0.05, 0.1) is 0 Å². The first-order chi connectivity index (χ1) is 6.47. The smallest absolute Gasteiger partial charge is 0.0407 e. The molecule has 0 saturated heterocycles. The van der Waals surface area contributed by atoms with Crippen LogP contribution >= 0.6 is 0 Å². The molecular formula is C12H20OS. The second-order valence-corrected chi connectivity index (χ2v) is 5.97. The quantitative estimate of drug-likeness (QED) is 0.689. The molecule has 0 N–H and O–H groups in total. The molecule has 1 unspecified atom stereocenters. The Morgan fingerprint density at radius 2 is 1.93 bits per heavy atom. The van der Waals surface area contributed by atoms with E-state index in [2.05, 4.69) is 5.87 Å². The van der Waals surface area contributed by atoms with E-state index in [1.54, 1.807) is 6.26 Å². The minimum Gasteiger partial charge on any atom is -0.268 e. The van der Waals surface area contributed by atoms with Crippen molar-refractivity contribution < 1.29 is 4.21 Å². The van der Waals surface area contributed by atoms with Gasteiger partial charge in [-0.25, -0.2) is 0 Å². The van der Waals surface area contributed by atoms with Gasteiger partial charge in [0.2, 0.25) is 0 Å². The van der Waals surface area contributed by atoms with Crippen molar-refractivity contribution in [3.63, 3.8) is 0 Å². The highest BCUT2D eigenvalue weighted by atomic mass is 32.2. The van der Waals surface area contributed by atoms with Crippen LogP contribution in [0.1, 0.15) is 25.0 Å². The fraction of sp³-hybridized carbons (Fsp3) is 0.417. The summed E-state index contributed by atoms with van der Waals surface area (Å²) in [6.07, 6.45) is 1.69. The van der Waals surface area contributed by atoms with E-state index in [-0.39, 0.29) is 0 Å². The third-order valence-corrected chi connectivity index (χ3v) is 2.50. The minimum absolute atomic E-state index is 0.578. The van der Waals surface area contributed by atoms with E-state index in [9.17, 15) is 4.21 Å². The molecule has 0 bridgehead atoms. The van der Waals surface area contributed by atoms with Crippen LogP contribution in [0.15, 0.2) is 24.3 Å². The van der Waals surface area contributed by atoms with Crippen LogP contribution in [0, 0.1) is 6.92 Å². The minimum atomic E-state index is -1.89. The zero-order valence-corrected chi connectivity index (χ0v) is 10.4. The highest BCUT2D eigenvalue weighted by molar-refractivity contribution is 7.98. The van der Waals surface area contributed by atoms with Crippen molar-refractivity contribution in [2.45, 2.75) is 26.5 Å². The van der Waals surface area contributed by atoms with Crippen LogP contribution in [0.3, 0.4) is 0 Å². The lowest BCUT2D eigenvalue weighted by atomic mass is 10.2. The molecule has 0 aliphatic rings. The highest BCUT2D eigenvalue weighted by Crippen LogP contribution is 2.07. The molecule has 0 amide bonds. The van der Waals surface area contributed by atoms with Gasteiger partial charge in [-0.15, -0.1) is 0 Å². The second-order valence-electron chi connectivity index (χ2n) is 3.32. The zero-order chi connectivity index (χ0) is 11.2. The lowest BCUT2D eigenvalue weighted by molar-refractivity contribution is 0.684. The van der Waals surface area contributed by atoms with E-state index in [1.165, 1.54) is 5.56 Å². The van der Waals surface area contributed by atoms with Crippen LogP contribution in [0.2, 0.25) is 0 Å². The first-order valence-electron chi connectivity index (χ1n) is 4.83. The van der Waals surface area contributed by atoms with E-state index in [1.807, 2.05) is 45.0 Å². The normalized spacial score (nSPS) is 13.7. The molecule has 0 aromatic heterocycles. The van der Waals surface area contributed by atoms with Crippen molar-refractivity contribution in [1.82, 2.24) is 0 Å². The standard InChI is InChI=1S/C10H14OS.C2H6/c1-9-5-4-6-10(7-9)8-12(2,3)11;1-2/h4-7H,2,8H2,1,3H3;1-2H3. The van der Waals surface area contributed by atoms with Crippen molar-refractivity contribution in [1.29, 1.82) is 0 Å². The summed E-state index contributed by atoms with van der Waals surface area (Å²) in [7, 11) is -1.89. The van der Waals surface area contributed by atoms with Gasteiger partial charge in [0, 0.05) is 12.0 Å². The number of hydrogen-bond donors (Lipinski definition) is 0. The van der Waals surface area contributed by atoms with Crippen molar-refractivity contribution in [2.75, 3.05) is 6.26 Å². The Morgan fingerprint density at radius 1 is 1.36 bits per heavy atom. The zero-order valence-electron chi connectivity index (χ0n) is 9.54. The van der Waals surface area contributed by atoms with Gasteiger partial charge in [-0.2, -0.15) is 0 Å². The molecule has 1 aromatic carbocycles. The average Bonchev–Trinajstić information content (AvgIpc) is 2.04. The summed E-state index contributed by atoms with van der Waals surface area (Å²) < 4.78 is 11.4. The van der Waals surface area contributed by atoms with E-state index in [4.69, 9.17) is 0 Å². The van der Waals surface area contributed by atoms with Crippen LogP contribution in [-0.4, -0.2) is 16.3 Å². The van der Waals surface area contributed by atoms with Gasteiger partial charge < -0.3 is 0 Å². The SMILES string of the molecule is C=S(C)(=O)Cc1cccc(C)c1.CC. The van der Waals surface area contributed by atoms with Crippen molar-refractivity contribution in [3.8, 4) is 0 Å². The first kappa shape index (κ1) is 13.2. The van der Waals surface area contributed by atoms with Crippen LogP contribution in [0.4, 0.5) is 0 Å². The number of rotatable bonds is 2. The molecule has 0 radical (unpaired) electrons. The number of aryl methyl sites for hydroxylation is 1. The third kappa shape index (κ3) is 5.81. The molecule has 2 heteroatoms. The summed E-state index contributed by atoms with van der Waals surface area (Å²) in [6.45, 7) is 6.03. The van der Waals surface area contributed by atoms with Gasteiger partial charge >= 0.3 is 0 Å². The molecule has 1 rings (SSSR count). The fourth-order valence-electron chi connectivity index (χ4n) is 1.15. The van der Waals surface area contributed by atoms with Crippen LogP contribution in [0.5, 0.6) is 0 Å². The summed E-state index contributed by atoms with van der Waals surface area (Å²) in [4.78, 5) is 0. The molecule has 1 nitrogen and oxygen atoms in total.